The van der Waals surface area contributed by atoms with Crippen LogP contribution in [0.4, 0.5) is 0 Å². The van der Waals surface area contributed by atoms with E-state index in [9.17, 15) is 40.2 Å². The third-order valence-corrected chi connectivity index (χ3v) is 16.2. The number of hydrogen-bond donors (Lipinski definition) is 6. The molecule has 0 radical (unpaired) electrons. The van der Waals surface area contributed by atoms with Crippen LogP contribution in [-0.4, -0.2) is 110 Å². The number of aliphatic hydroxyl groups is 6. The molecule has 0 aromatic heterocycles. The molecule has 12 heteroatoms. The second-order valence-corrected chi connectivity index (χ2v) is 19.5. The Morgan fingerprint density at radius 3 is 2.15 bits per heavy atom. The van der Waals surface area contributed by atoms with Gasteiger partial charge in [-0.05, 0) is 112 Å². The van der Waals surface area contributed by atoms with Crippen LogP contribution in [0.2, 0.25) is 0 Å². The van der Waals surface area contributed by atoms with Gasteiger partial charge in [0.2, 0.25) is 0 Å². The van der Waals surface area contributed by atoms with Gasteiger partial charge >= 0.3 is 11.9 Å². The number of carbonyl (C=O) groups is 2. The average Bonchev–Trinajstić information content (AvgIpc) is 3.61. The van der Waals surface area contributed by atoms with Gasteiger partial charge in [-0.1, -0.05) is 34.6 Å². The Labute approximate surface area is 308 Å². The highest BCUT2D eigenvalue weighted by molar-refractivity contribution is 5.66. The van der Waals surface area contributed by atoms with Crippen molar-refractivity contribution < 1.29 is 59.2 Å². The molecule has 6 fully saturated rings. The Balaban J connectivity index is 1.37. The van der Waals surface area contributed by atoms with E-state index in [0.29, 0.717) is 18.8 Å². The van der Waals surface area contributed by atoms with E-state index in [2.05, 4.69) is 34.6 Å². The molecule has 298 valence electrons. The summed E-state index contributed by atoms with van der Waals surface area (Å²) in [4.78, 5) is 24.3. The zero-order valence-corrected chi connectivity index (χ0v) is 32.7. The minimum absolute atomic E-state index is 0.00246. The van der Waals surface area contributed by atoms with Crippen molar-refractivity contribution in [1.29, 1.82) is 0 Å². The lowest BCUT2D eigenvalue weighted by atomic mass is 9.37. The fraction of sp³-hybridized carbons (Fsp3) is 0.950. The minimum atomic E-state index is -1.50. The first-order chi connectivity index (χ1) is 24.0. The third-order valence-electron chi connectivity index (χ3n) is 16.2. The predicted molar refractivity (Wildman–Crippen MR) is 188 cm³/mol. The van der Waals surface area contributed by atoms with Gasteiger partial charge in [0.05, 0.1) is 24.4 Å². The van der Waals surface area contributed by atoms with Crippen LogP contribution in [-0.2, 0) is 28.5 Å². The number of esters is 2. The van der Waals surface area contributed by atoms with Crippen molar-refractivity contribution in [1.82, 2.24) is 0 Å². The van der Waals surface area contributed by atoms with Gasteiger partial charge in [-0.3, -0.25) is 9.59 Å². The van der Waals surface area contributed by atoms with E-state index in [-0.39, 0.29) is 51.5 Å². The van der Waals surface area contributed by atoms with Gasteiger partial charge in [0.1, 0.15) is 30.5 Å². The Morgan fingerprint density at radius 2 is 1.56 bits per heavy atom. The minimum Gasteiger partial charge on any atom is -0.462 e. The van der Waals surface area contributed by atoms with Crippen molar-refractivity contribution in [3.63, 3.8) is 0 Å². The molecule has 0 aromatic rings. The van der Waals surface area contributed by atoms with Gasteiger partial charge in [0.25, 0.3) is 0 Å². The first-order valence-electron chi connectivity index (χ1n) is 19.7. The molecule has 5 saturated carbocycles. The lowest BCUT2D eigenvalue weighted by molar-refractivity contribution is -0.344. The summed E-state index contributed by atoms with van der Waals surface area (Å²) in [7, 11) is 0. The van der Waals surface area contributed by atoms with Crippen molar-refractivity contribution in [3.8, 4) is 0 Å². The molecule has 0 amide bonds. The normalized spacial score (nSPS) is 48.2. The van der Waals surface area contributed by atoms with Crippen LogP contribution in [0.3, 0.4) is 0 Å². The first kappa shape index (κ1) is 40.3. The first-order valence-corrected chi connectivity index (χ1v) is 19.7. The van der Waals surface area contributed by atoms with Crippen molar-refractivity contribution >= 4 is 11.9 Å². The second kappa shape index (κ2) is 13.4. The fourth-order valence-corrected chi connectivity index (χ4v) is 13.8. The predicted octanol–water partition coefficient (Wildman–Crippen LogP) is 3.24. The largest absolute Gasteiger partial charge is 0.462 e. The van der Waals surface area contributed by atoms with Crippen LogP contribution >= 0.6 is 0 Å². The third kappa shape index (κ3) is 5.91. The molecule has 1 aliphatic heterocycles. The average molecular weight is 739 g/mol. The topological polar surface area (TPSA) is 192 Å². The highest BCUT2D eigenvalue weighted by Crippen LogP contribution is 2.91. The molecule has 0 spiro atoms. The molecule has 6 aliphatic rings. The van der Waals surface area contributed by atoms with Crippen LogP contribution < -0.4 is 0 Å². The van der Waals surface area contributed by atoms with Crippen molar-refractivity contribution in [2.75, 3.05) is 6.61 Å². The number of hydrogen-bond acceptors (Lipinski definition) is 12. The summed E-state index contributed by atoms with van der Waals surface area (Å²) in [6.45, 7) is 16.4. The maximum absolute atomic E-state index is 12.3. The SMILES string of the molecule is CC(=O)O[C@@H]1[C@@H](O)[C@H](O[C@@H]2C[C@H]3C(C)(C)[C@H](OC(C)=O)CC[C@]3(C)[C@H]3CC[C@]45C[C@]4(CC[C@H]5[C@@H](C)C[C@@H](O)[C@H](O)C(C)(C)O)[C@@]32C)O[C@H](CO)[C@H]1O. The Morgan fingerprint density at radius 1 is 0.904 bits per heavy atom. The number of rotatable bonds is 10. The summed E-state index contributed by atoms with van der Waals surface area (Å²) in [5.74, 6) is -0.276. The van der Waals surface area contributed by atoms with E-state index in [1.165, 1.54) is 27.7 Å². The molecule has 5 aliphatic carbocycles. The maximum Gasteiger partial charge on any atom is 0.303 e. The van der Waals surface area contributed by atoms with Gasteiger partial charge in [-0.25, -0.2) is 0 Å². The second-order valence-electron chi connectivity index (χ2n) is 19.5. The molecule has 12 nitrogen and oxygen atoms in total. The van der Waals surface area contributed by atoms with Crippen molar-refractivity contribution in [2.24, 2.45) is 50.7 Å². The van der Waals surface area contributed by atoms with E-state index in [1.807, 2.05) is 0 Å². The maximum atomic E-state index is 12.3. The summed E-state index contributed by atoms with van der Waals surface area (Å²) < 4.78 is 24.5. The van der Waals surface area contributed by atoms with Gasteiger partial charge < -0.3 is 49.6 Å². The van der Waals surface area contributed by atoms with E-state index in [4.69, 9.17) is 18.9 Å². The van der Waals surface area contributed by atoms with Gasteiger partial charge in [-0.15, -0.1) is 0 Å². The molecule has 17 atom stereocenters. The molecule has 52 heavy (non-hydrogen) atoms. The Hall–Kier alpha value is -1.38. The number of ether oxygens (including phenoxy) is 4. The number of carbonyl (C=O) groups excluding carboxylic acids is 2. The summed E-state index contributed by atoms with van der Waals surface area (Å²) in [6.07, 6.45) is -2.15. The van der Waals surface area contributed by atoms with Crippen molar-refractivity contribution in [3.05, 3.63) is 0 Å². The van der Waals surface area contributed by atoms with E-state index in [1.54, 1.807) is 0 Å². The monoisotopic (exact) mass is 738 g/mol. The molecule has 0 bridgehead atoms. The Kier molecular flexibility index (Phi) is 10.4. The van der Waals surface area contributed by atoms with Crippen LogP contribution in [0.5, 0.6) is 0 Å². The van der Waals surface area contributed by atoms with Gasteiger partial charge in [0, 0.05) is 24.7 Å². The molecule has 1 heterocycles. The Bertz CT molecular complexity index is 1360. The lowest BCUT2D eigenvalue weighted by Crippen LogP contribution is -2.68. The summed E-state index contributed by atoms with van der Waals surface area (Å²) in [5.41, 5.74) is -2.40. The van der Waals surface area contributed by atoms with Crippen LogP contribution in [0, 0.1) is 50.7 Å². The summed E-state index contributed by atoms with van der Waals surface area (Å²) in [6, 6.07) is 0. The van der Waals surface area contributed by atoms with Crippen LogP contribution in [0.15, 0.2) is 0 Å². The van der Waals surface area contributed by atoms with E-state index >= 15 is 0 Å². The molecular formula is C40H66O12. The zero-order valence-electron chi connectivity index (χ0n) is 32.7. The number of fused-ring (bicyclic) bond motifs is 3. The zero-order chi connectivity index (χ0) is 38.6. The molecule has 6 rings (SSSR count). The van der Waals surface area contributed by atoms with Crippen LogP contribution in [0.25, 0.3) is 0 Å². The van der Waals surface area contributed by atoms with Gasteiger partial charge in [0.15, 0.2) is 12.4 Å². The van der Waals surface area contributed by atoms with E-state index < -0.39 is 72.6 Å². The summed E-state index contributed by atoms with van der Waals surface area (Å²) >= 11 is 0. The van der Waals surface area contributed by atoms with Crippen LogP contribution in [0.1, 0.15) is 120 Å². The van der Waals surface area contributed by atoms with Crippen molar-refractivity contribution in [2.45, 2.75) is 181 Å². The smallest absolute Gasteiger partial charge is 0.303 e. The van der Waals surface area contributed by atoms with E-state index in [0.717, 1.165) is 44.9 Å². The highest BCUT2D eigenvalue weighted by atomic mass is 16.7. The molecule has 1 saturated heterocycles. The molecule has 0 aromatic carbocycles. The lowest BCUT2D eigenvalue weighted by Gasteiger charge is -2.69. The fourth-order valence-electron chi connectivity index (χ4n) is 13.8. The molecule has 0 unspecified atom stereocenters. The summed E-state index contributed by atoms with van der Waals surface area (Å²) in [5, 5.41) is 64.8. The highest BCUT2D eigenvalue weighted by Gasteiger charge is 2.85. The van der Waals surface area contributed by atoms with Gasteiger partial charge in [-0.2, -0.15) is 0 Å². The number of aliphatic hydroxyl groups excluding tert-OH is 5. The quantitative estimate of drug-likeness (QED) is 0.142. The standard InChI is InChI=1S/C40H66O12/c1-20(16-24(44)33(47)36(6,7)48)23-10-15-40-19-39(23,40)14-11-26-37(8)13-12-28(49-21(2)42)35(4,5)27(37)17-29(38(26,40)9)52-34-31(46)32(50-22(3)43)30(45)25(18-41)51-34/h20,23-34,41,44-48H,10-19H2,1-9H3/t20-,23-,24+,25+,26+,27-,28+,29+,30+,31+,32-,33-,34-,37+,38-,39+,40+/m0/s1. The molecule has 6 N–H and O–H groups in total. The molecular weight excluding hydrogens is 672 g/mol.